The van der Waals surface area contributed by atoms with Crippen molar-refractivity contribution in [1.29, 1.82) is 0 Å². The van der Waals surface area contributed by atoms with E-state index < -0.39 is 0 Å². The highest BCUT2D eigenvalue weighted by Crippen LogP contribution is 2.30. The summed E-state index contributed by atoms with van der Waals surface area (Å²) in [6, 6.07) is 34.9. The third kappa shape index (κ3) is 3.28. The van der Waals surface area contributed by atoms with Crippen molar-refractivity contribution in [2.45, 2.75) is 0 Å². The van der Waals surface area contributed by atoms with E-state index in [0.29, 0.717) is 0 Å². The quantitative estimate of drug-likeness (QED) is 0.297. The number of aromatic nitrogens is 3. The van der Waals surface area contributed by atoms with Gasteiger partial charge in [-0.2, -0.15) is 0 Å². The monoisotopic (exact) mass is 412 g/mol. The predicted octanol–water partition coefficient (Wildman–Crippen LogP) is 7.13. The minimum absolute atomic E-state index is 0.865. The molecular weight excluding hydrogens is 392 g/mol. The number of aromatic amines is 2. The number of para-hydroxylation sites is 3. The van der Waals surface area contributed by atoms with E-state index in [9.17, 15) is 0 Å². The maximum absolute atomic E-state index is 4.79. The van der Waals surface area contributed by atoms with E-state index in [1.54, 1.807) is 0 Å². The Morgan fingerprint density at radius 3 is 2.16 bits per heavy atom. The van der Waals surface area contributed by atoms with Crippen LogP contribution in [0.25, 0.3) is 44.6 Å². The predicted molar refractivity (Wildman–Crippen MR) is 133 cm³/mol. The van der Waals surface area contributed by atoms with E-state index in [-0.39, 0.29) is 0 Å². The second kappa shape index (κ2) is 7.67. The molecule has 2 heterocycles. The number of fused-ring (bicyclic) bond motifs is 2. The molecule has 4 aromatic carbocycles. The van der Waals surface area contributed by atoms with Gasteiger partial charge in [-0.25, -0.2) is 4.98 Å². The third-order valence-electron chi connectivity index (χ3n) is 5.68. The summed E-state index contributed by atoms with van der Waals surface area (Å²) in [5.41, 5.74) is 8.36. The summed E-state index contributed by atoms with van der Waals surface area (Å²) in [5.74, 6) is 0.865. The van der Waals surface area contributed by atoms with Crippen molar-refractivity contribution in [3.05, 3.63) is 109 Å². The maximum atomic E-state index is 4.79. The van der Waals surface area contributed by atoms with Crippen LogP contribution in [0.15, 0.2) is 108 Å². The summed E-state index contributed by atoms with van der Waals surface area (Å²) in [6.45, 7) is 0. The van der Waals surface area contributed by atoms with Crippen molar-refractivity contribution >= 4 is 33.8 Å². The van der Waals surface area contributed by atoms with Crippen LogP contribution in [-0.2, 0) is 0 Å². The molecule has 4 nitrogen and oxygen atoms in total. The molecule has 0 amide bonds. The lowest BCUT2D eigenvalue weighted by Crippen LogP contribution is -1.85. The second-order valence-corrected chi connectivity index (χ2v) is 7.73. The summed E-state index contributed by atoms with van der Waals surface area (Å²) >= 11 is 0. The summed E-state index contributed by atoms with van der Waals surface area (Å²) in [5, 5.41) is 1.16. The first-order valence-electron chi connectivity index (χ1n) is 10.6. The molecule has 0 aliphatic carbocycles. The summed E-state index contributed by atoms with van der Waals surface area (Å²) in [4.78, 5) is 16.4. The number of benzene rings is 4. The highest BCUT2D eigenvalue weighted by Gasteiger charge is 2.11. The van der Waals surface area contributed by atoms with Crippen LogP contribution < -0.4 is 0 Å². The lowest BCUT2D eigenvalue weighted by molar-refractivity contribution is 1.33. The van der Waals surface area contributed by atoms with Crippen LogP contribution in [0, 0.1) is 0 Å². The second-order valence-electron chi connectivity index (χ2n) is 7.73. The van der Waals surface area contributed by atoms with Gasteiger partial charge in [0.25, 0.3) is 0 Å². The molecule has 4 heteroatoms. The molecule has 0 saturated heterocycles. The van der Waals surface area contributed by atoms with E-state index in [1.807, 2.05) is 54.7 Å². The van der Waals surface area contributed by atoms with Gasteiger partial charge in [0.1, 0.15) is 5.82 Å². The van der Waals surface area contributed by atoms with Gasteiger partial charge < -0.3 is 9.97 Å². The molecule has 152 valence electrons. The van der Waals surface area contributed by atoms with Crippen molar-refractivity contribution < 1.29 is 0 Å². The van der Waals surface area contributed by atoms with Crippen molar-refractivity contribution in [2.24, 2.45) is 4.99 Å². The number of imidazole rings is 1. The number of nitrogens with zero attached hydrogens (tertiary/aromatic N) is 2. The van der Waals surface area contributed by atoms with Crippen LogP contribution in [0.1, 0.15) is 5.56 Å². The van der Waals surface area contributed by atoms with Gasteiger partial charge >= 0.3 is 0 Å². The van der Waals surface area contributed by atoms with Gasteiger partial charge in [-0.1, -0.05) is 60.7 Å². The minimum atomic E-state index is 0.865. The Kier molecular flexibility index (Phi) is 4.40. The van der Waals surface area contributed by atoms with Gasteiger partial charge in [-0.3, -0.25) is 4.99 Å². The van der Waals surface area contributed by atoms with Gasteiger partial charge in [0.15, 0.2) is 0 Å². The molecule has 0 atom stereocenters. The summed E-state index contributed by atoms with van der Waals surface area (Å²) in [6.07, 6.45) is 1.96. The molecule has 6 aromatic rings. The van der Waals surface area contributed by atoms with E-state index in [4.69, 9.17) is 4.99 Å². The van der Waals surface area contributed by atoms with Crippen LogP contribution in [0.3, 0.4) is 0 Å². The molecule has 0 spiro atoms. The summed E-state index contributed by atoms with van der Waals surface area (Å²) < 4.78 is 0. The molecule has 0 radical (unpaired) electrons. The van der Waals surface area contributed by atoms with Crippen LogP contribution in [-0.4, -0.2) is 21.2 Å². The molecule has 0 fully saturated rings. The number of hydrogen-bond donors (Lipinski definition) is 2. The Morgan fingerprint density at radius 1 is 0.625 bits per heavy atom. The SMILES string of the molecule is C(=Nc1ccc(-c2nc3ccccc3[nH]2)cc1)c1c(-c2ccccc2)[nH]c2ccccc12. The average molecular weight is 412 g/mol. The third-order valence-corrected chi connectivity index (χ3v) is 5.68. The first-order chi connectivity index (χ1) is 15.8. The lowest BCUT2D eigenvalue weighted by Gasteiger charge is -2.01. The molecule has 0 aliphatic rings. The Morgan fingerprint density at radius 2 is 1.34 bits per heavy atom. The van der Waals surface area contributed by atoms with E-state index in [0.717, 1.165) is 55.8 Å². The molecule has 2 aromatic heterocycles. The van der Waals surface area contributed by atoms with Crippen molar-refractivity contribution in [1.82, 2.24) is 15.0 Å². The molecule has 32 heavy (non-hydrogen) atoms. The zero-order valence-corrected chi connectivity index (χ0v) is 17.3. The van der Waals surface area contributed by atoms with E-state index >= 15 is 0 Å². The standard InChI is InChI=1S/C28H20N4/c1-2-8-19(9-3-1)27-23(22-10-4-5-11-24(22)30-27)18-29-21-16-14-20(15-17-21)28-31-25-12-6-7-13-26(25)32-28/h1-18,30H,(H,31,32). The highest BCUT2D eigenvalue weighted by molar-refractivity contribution is 6.06. The van der Waals surface area contributed by atoms with Gasteiger partial charge in [0.05, 0.1) is 22.4 Å². The Bertz CT molecular complexity index is 1520. The van der Waals surface area contributed by atoms with Crippen LogP contribution in [0.5, 0.6) is 0 Å². The fraction of sp³-hybridized carbons (Fsp3) is 0. The molecule has 0 bridgehead atoms. The fourth-order valence-corrected chi connectivity index (χ4v) is 4.06. The number of aliphatic imine (C=N–C) groups is 1. The summed E-state index contributed by atoms with van der Waals surface area (Å²) in [7, 11) is 0. The largest absolute Gasteiger partial charge is 0.354 e. The van der Waals surface area contributed by atoms with Crippen LogP contribution in [0.2, 0.25) is 0 Å². The van der Waals surface area contributed by atoms with Crippen LogP contribution in [0.4, 0.5) is 5.69 Å². The van der Waals surface area contributed by atoms with Crippen molar-refractivity contribution in [3.63, 3.8) is 0 Å². The lowest BCUT2D eigenvalue weighted by atomic mass is 10.1. The Balaban J connectivity index is 1.35. The highest BCUT2D eigenvalue weighted by atomic mass is 14.9. The van der Waals surface area contributed by atoms with Crippen molar-refractivity contribution in [3.8, 4) is 22.6 Å². The molecule has 0 saturated carbocycles. The minimum Gasteiger partial charge on any atom is -0.354 e. The van der Waals surface area contributed by atoms with Gasteiger partial charge in [0.2, 0.25) is 0 Å². The fourth-order valence-electron chi connectivity index (χ4n) is 4.06. The van der Waals surface area contributed by atoms with Crippen LogP contribution >= 0.6 is 0 Å². The number of H-pyrrole nitrogens is 2. The topological polar surface area (TPSA) is 56.8 Å². The van der Waals surface area contributed by atoms with E-state index in [1.165, 1.54) is 0 Å². The molecule has 0 unspecified atom stereocenters. The molecule has 2 N–H and O–H groups in total. The van der Waals surface area contributed by atoms with Gasteiger partial charge in [-0.05, 0) is 48.0 Å². The first-order valence-corrected chi connectivity index (χ1v) is 10.6. The Hall–Kier alpha value is -4.44. The normalized spacial score (nSPS) is 11.6. The van der Waals surface area contributed by atoms with Gasteiger partial charge in [0, 0.05) is 28.2 Å². The zero-order chi connectivity index (χ0) is 21.3. The smallest absolute Gasteiger partial charge is 0.138 e. The number of rotatable bonds is 4. The number of hydrogen-bond acceptors (Lipinski definition) is 2. The number of nitrogens with one attached hydrogen (secondary N) is 2. The van der Waals surface area contributed by atoms with Gasteiger partial charge in [-0.15, -0.1) is 0 Å². The molecular formula is C28H20N4. The molecule has 6 rings (SSSR count). The maximum Gasteiger partial charge on any atom is 0.138 e. The van der Waals surface area contributed by atoms with E-state index in [2.05, 4.69) is 69.5 Å². The Labute approximate surface area is 185 Å². The molecule has 0 aliphatic heterocycles. The first kappa shape index (κ1) is 18.3. The average Bonchev–Trinajstić information content (AvgIpc) is 3.45. The van der Waals surface area contributed by atoms with Crippen molar-refractivity contribution in [2.75, 3.05) is 0 Å². The zero-order valence-electron chi connectivity index (χ0n) is 17.3.